The maximum Gasteiger partial charge on any atom is 0.251 e. The number of likely N-dealkylation sites (tertiary alicyclic amines) is 1. The predicted octanol–water partition coefficient (Wildman–Crippen LogP) is 5.17. The minimum absolute atomic E-state index is 0.0272. The number of hydrogen-bond acceptors (Lipinski definition) is 4. The van der Waals surface area contributed by atoms with Gasteiger partial charge in [-0.15, -0.1) is 0 Å². The van der Waals surface area contributed by atoms with Gasteiger partial charge in [-0.25, -0.2) is 0 Å². The highest BCUT2D eigenvalue weighted by Gasteiger charge is 2.21. The monoisotopic (exact) mass is 446 g/mol. The lowest BCUT2D eigenvalue weighted by Gasteiger charge is -2.32. The molecule has 0 aromatic heterocycles. The Hall–Kier alpha value is -2.89. The first kappa shape index (κ1) is 23.3. The van der Waals surface area contributed by atoms with E-state index < -0.39 is 0 Å². The summed E-state index contributed by atoms with van der Waals surface area (Å²) in [6.45, 7) is 6.49. The molecule has 1 aliphatic heterocycles. The number of rotatable bonds is 9. The van der Waals surface area contributed by atoms with E-state index in [1.807, 2.05) is 18.2 Å². The van der Waals surface area contributed by atoms with Gasteiger partial charge in [-0.05, 0) is 71.5 Å². The number of amides is 1. The van der Waals surface area contributed by atoms with E-state index in [1.165, 1.54) is 21.9 Å². The molecule has 1 aliphatic rings. The summed E-state index contributed by atoms with van der Waals surface area (Å²) in [7, 11) is 1.61. The van der Waals surface area contributed by atoms with Crippen LogP contribution in [0.15, 0.2) is 60.7 Å². The first-order valence-electron chi connectivity index (χ1n) is 11.9. The van der Waals surface area contributed by atoms with E-state index in [2.05, 4.69) is 53.5 Å². The van der Waals surface area contributed by atoms with Gasteiger partial charge < -0.3 is 14.8 Å². The molecule has 1 heterocycles. The van der Waals surface area contributed by atoms with Crippen LogP contribution in [-0.2, 0) is 17.9 Å². The Kier molecular flexibility index (Phi) is 7.97. The van der Waals surface area contributed by atoms with Crippen molar-refractivity contribution in [2.45, 2.75) is 45.4 Å². The lowest BCUT2D eigenvalue weighted by atomic mass is 10.0. The zero-order chi connectivity index (χ0) is 23.0. The molecule has 1 fully saturated rings. The molecule has 0 atom stereocenters. The number of nitrogens with zero attached hydrogens (tertiary/aromatic N) is 1. The van der Waals surface area contributed by atoms with E-state index in [9.17, 15) is 4.79 Å². The standard InChI is InChI=1S/C28H34N2O3/c1-3-15-33-20-22-8-10-23-9-7-21(16-25(23)17-22)19-30-13-11-26(12-14-30)29-28(31)24-5-4-6-27(18-24)32-2/h4-10,16-18,26H,3,11-15,19-20H2,1-2H3,(H,29,31). The molecule has 0 aliphatic carbocycles. The molecule has 0 bridgehead atoms. The molecule has 1 amide bonds. The fourth-order valence-corrected chi connectivity index (χ4v) is 4.39. The van der Waals surface area contributed by atoms with Gasteiger partial charge in [0, 0.05) is 37.8 Å². The van der Waals surface area contributed by atoms with Gasteiger partial charge in [0.1, 0.15) is 5.75 Å². The molecule has 33 heavy (non-hydrogen) atoms. The summed E-state index contributed by atoms with van der Waals surface area (Å²) in [5.74, 6) is 0.675. The number of benzene rings is 3. The molecule has 0 spiro atoms. The van der Waals surface area contributed by atoms with Gasteiger partial charge in [0.2, 0.25) is 0 Å². The minimum atomic E-state index is -0.0272. The van der Waals surface area contributed by atoms with E-state index >= 15 is 0 Å². The average molecular weight is 447 g/mol. The third-order valence-electron chi connectivity index (χ3n) is 6.25. The van der Waals surface area contributed by atoms with Gasteiger partial charge in [0.05, 0.1) is 13.7 Å². The first-order chi connectivity index (χ1) is 16.1. The van der Waals surface area contributed by atoms with E-state index in [1.54, 1.807) is 13.2 Å². The van der Waals surface area contributed by atoms with Crippen molar-refractivity contribution in [3.8, 4) is 5.75 Å². The number of nitrogens with one attached hydrogen (secondary N) is 1. The zero-order valence-electron chi connectivity index (χ0n) is 19.7. The highest BCUT2D eigenvalue weighted by atomic mass is 16.5. The van der Waals surface area contributed by atoms with E-state index in [4.69, 9.17) is 9.47 Å². The van der Waals surface area contributed by atoms with Crippen LogP contribution in [0, 0.1) is 0 Å². The number of carbonyl (C=O) groups is 1. The lowest BCUT2D eigenvalue weighted by molar-refractivity contribution is 0.0908. The highest BCUT2D eigenvalue weighted by molar-refractivity contribution is 5.94. The second-order valence-corrected chi connectivity index (χ2v) is 8.82. The van der Waals surface area contributed by atoms with Gasteiger partial charge in [-0.1, -0.05) is 37.3 Å². The Labute approximate surface area is 196 Å². The molecule has 0 unspecified atom stereocenters. The quantitative estimate of drug-likeness (QED) is 0.461. The van der Waals surface area contributed by atoms with Gasteiger partial charge in [0.25, 0.3) is 5.91 Å². The Morgan fingerprint density at radius 1 is 1.00 bits per heavy atom. The van der Waals surface area contributed by atoms with Crippen molar-refractivity contribution in [1.82, 2.24) is 10.2 Å². The van der Waals surface area contributed by atoms with Crippen molar-refractivity contribution >= 4 is 16.7 Å². The molecule has 4 rings (SSSR count). The number of hydrogen-bond donors (Lipinski definition) is 1. The molecule has 5 nitrogen and oxygen atoms in total. The summed E-state index contributed by atoms with van der Waals surface area (Å²) in [6, 6.07) is 20.8. The van der Waals surface area contributed by atoms with Gasteiger partial charge in [-0.2, -0.15) is 0 Å². The van der Waals surface area contributed by atoms with Crippen molar-refractivity contribution in [1.29, 1.82) is 0 Å². The van der Waals surface area contributed by atoms with Crippen molar-refractivity contribution in [2.24, 2.45) is 0 Å². The molecule has 1 N–H and O–H groups in total. The van der Waals surface area contributed by atoms with Crippen LogP contribution in [0.4, 0.5) is 0 Å². The summed E-state index contributed by atoms with van der Waals surface area (Å²) in [5, 5.41) is 5.72. The molecule has 174 valence electrons. The summed E-state index contributed by atoms with van der Waals surface area (Å²) >= 11 is 0. The number of ether oxygens (including phenoxy) is 2. The molecule has 3 aromatic carbocycles. The van der Waals surface area contributed by atoms with E-state index in [0.717, 1.165) is 45.5 Å². The average Bonchev–Trinajstić information content (AvgIpc) is 2.85. The number of piperidine rings is 1. The summed E-state index contributed by atoms with van der Waals surface area (Å²) < 4.78 is 10.9. The summed E-state index contributed by atoms with van der Waals surface area (Å²) in [6.07, 6.45) is 2.96. The van der Waals surface area contributed by atoms with Crippen LogP contribution in [-0.4, -0.2) is 43.7 Å². The van der Waals surface area contributed by atoms with Gasteiger partial charge in [-0.3, -0.25) is 9.69 Å². The number of carbonyl (C=O) groups excluding carboxylic acids is 1. The lowest BCUT2D eigenvalue weighted by Crippen LogP contribution is -2.44. The van der Waals surface area contributed by atoms with Crippen molar-refractivity contribution in [3.05, 3.63) is 77.4 Å². The van der Waals surface area contributed by atoms with Crippen molar-refractivity contribution in [3.63, 3.8) is 0 Å². The minimum Gasteiger partial charge on any atom is -0.497 e. The van der Waals surface area contributed by atoms with Crippen LogP contribution in [0.1, 0.15) is 47.7 Å². The summed E-state index contributed by atoms with van der Waals surface area (Å²) in [4.78, 5) is 15.1. The fraction of sp³-hybridized carbons (Fsp3) is 0.393. The molecular formula is C28H34N2O3. The maximum absolute atomic E-state index is 12.6. The Morgan fingerprint density at radius 2 is 1.76 bits per heavy atom. The second kappa shape index (κ2) is 11.3. The van der Waals surface area contributed by atoms with E-state index in [-0.39, 0.29) is 11.9 Å². The van der Waals surface area contributed by atoms with E-state index in [0.29, 0.717) is 17.9 Å². The highest BCUT2D eigenvalue weighted by Crippen LogP contribution is 2.21. The molecule has 1 saturated heterocycles. The first-order valence-corrected chi connectivity index (χ1v) is 11.9. The van der Waals surface area contributed by atoms with Crippen LogP contribution in [0.3, 0.4) is 0 Å². The normalized spacial score (nSPS) is 15.0. The Morgan fingerprint density at radius 3 is 2.52 bits per heavy atom. The molecule has 5 heteroatoms. The number of methoxy groups -OCH3 is 1. The van der Waals surface area contributed by atoms with Crippen LogP contribution >= 0.6 is 0 Å². The van der Waals surface area contributed by atoms with Crippen molar-refractivity contribution in [2.75, 3.05) is 26.8 Å². The zero-order valence-corrected chi connectivity index (χ0v) is 19.7. The molecule has 0 radical (unpaired) electrons. The Balaban J connectivity index is 1.30. The maximum atomic E-state index is 12.6. The molecular weight excluding hydrogens is 412 g/mol. The predicted molar refractivity (Wildman–Crippen MR) is 133 cm³/mol. The number of fused-ring (bicyclic) bond motifs is 1. The summed E-state index contributed by atoms with van der Waals surface area (Å²) in [5.41, 5.74) is 3.20. The third kappa shape index (κ3) is 6.34. The van der Waals surface area contributed by atoms with Crippen LogP contribution in [0.25, 0.3) is 10.8 Å². The van der Waals surface area contributed by atoms with Crippen LogP contribution in [0.2, 0.25) is 0 Å². The van der Waals surface area contributed by atoms with Crippen molar-refractivity contribution < 1.29 is 14.3 Å². The Bertz CT molecular complexity index is 1070. The van der Waals surface area contributed by atoms with Gasteiger partial charge >= 0.3 is 0 Å². The third-order valence-corrected chi connectivity index (χ3v) is 6.25. The molecule has 3 aromatic rings. The largest absolute Gasteiger partial charge is 0.497 e. The molecule has 0 saturated carbocycles. The second-order valence-electron chi connectivity index (χ2n) is 8.82. The van der Waals surface area contributed by atoms with Gasteiger partial charge in [0.15, 0.2) is 0 Å². The van der Waals surface area contributed by atoms with Crippen LogP contribution in [0.5, 0.6) is 5.75 Å². The fourth-order valence-electron chi connectivity index (χ4n) is 4.39. The topological polar surface area (TPSA) is 50.8 Å². The van der Waals surface area contributed by atoms with Crippen LogP contribution < -0.4 is 10.1 Å². The SMILES string of the molecule is CCCOCc1ccc2ccc(CN3CCC(NC(=O)c4cccc(OC)c4)CC3)cc2c1. The smallest absolute Gasteiger partial charge is 0.251 e.